The smallest absolute Gasteiger partial charge is 0.321 e. The molecule has 0 unspecified atom stereocenters. The number of nitrogens with zero attached hydrogens (tertiary/aromatic N) is 2. The van der Waals surface area contributed by atoms with Crippen LogP contribution in [0.5, 0.6) is 0 Å². The number of amides is 2. The SMILES string of the molecule is O=C(O)CN1CCN(C(=O)Nc2cccc(F)c2)CC1. The molecule has 0 saturated carbocycles. The summed E-state index contributed by atoms with van der Waals surface area (Å²) in [5, 5.41) is 11.3. The molecule has 6 nitrogen and oxygen atoms in total. The number of aliphatic carboxylic acids is 1. The molecule has 0 aliphatic carbocycles. The summed E-state index contributed by atoms with van der Waals surface area (Å²) in [5.41, 5.74) is 0.406. The molecule has 1 saturated heterocycles. The Morgan fingerprint density at radius 1 is 1.25 bits per heavy atom. The second-order valence-corrected chi connectivity index (χ2v) is 4.60. The third-order valence-electron chi connectivity index (χ3n) is 3.09. The van der Waals surface area contributed by atoms with Crippen LogP contribution in [0.1, 0.15) is 0 Å². The molecule has 0 spiro atoms. The van der Waals surface area contributed by atoms with Gasteiger partial charge in [0, 0.05) is 31.9 Å². The highest BCUT2D eigenvalue weighted by Gasteiger charge is 2.22. The van der Waals surface area contributed by atoms with Gasteiger partial charge in [0.2, 0.25) is 0 Å². The van der Waals surface area contributed by atoms with Crippen molar-refractivity contribution in [1.82, 2.24) is 9.80 Å². The van der Waals surface area contributed by atoms with E-state index in [1.54, 1.807) is 15.9 Å². The van der Waals surface area contributed by atoms with Gasteiger partial charge in [0.1, 0.15) is 5.82 Å². The Kier molecular flexibility index (Phi) is 4.52. The fourth-order valence-corrected chi connectivity index (χ4v) is 2.07. The molecule has 1 fully saturated rings. The minimum Gasteiger partial charge on any atom is -0.480 e. The number of carbonyl (C=O) groups is 2. The van der Waals surface area contributed by atoms with E-state index in [1.165, 1.54) is 18.2 Å². The molecule has 20 heavy (non-hydrogen) atoms. The topological polar surface area (TPSA) is 72.9 Å². The average Bonchev–Trinajstić information content (AvgIpc) is 2.38. The maximum Gasteiger partial charge on any atom is 0.321 e. The molecule has 0 atom stereocenters. The zero-order valence-electron chi connectivity index (χ0n) is 10.9. The minimum absolute atomic E-state index is 0.0145. The van der Waals surface area contributed by atoms with E-state index in [0.717, 1.165) is 0 Å². The summed E-state index contributed by atoms with van der Waals surface area (Å²) < 4.78 is 13.0. The van der Waals surface area contributed by atoms with Crippen LogP contribution in [0.4, 0.5) is 14.9 Å². The molecule has 1 aromatic rings. The molecule has 7 heteroatoms. The van der Waals surface area contributed by atoms with Crippen molar-refractivity contribution in [3.05, 3.63) is 30.1 Å². The number of hydrogen-bond acceptors (Lipinski definition) is 3. The molecule has 2 rings (SSSR count). The number of urea groups is 1. The number of carboxylic acids is 1. The Morgan fingerprint density at radius 2 is 1.95 bits per heavy atom. The number of rotatable bonds is 3. The summed E-state index contributed by atoms with van der Waals surface area (Å²) in [4.78, 5) is 25.9. The zero-order valence-corrected chi connectivity index (χ0v) is 10.9. The van der Waals surface area contributed by atoms with Crippen LogP contribution in [0.2, 0.25) is 0 Å². The predicted octanol–water partition coefficient (Wildman–Crippen LogP) is 1.06. The lowest BCUT2D eigenvalue weighted by atomic mass is 10.3. The molecule has 1 aliphatic rings. The molecule has 2 N–H and O–H groups in total. The second kappa shape index (κ2) is 6.33. The minimum atomic E-state index is -0.873. The zero-order chi connectivity index (χ0) is 14.5. The Hall–Kier alpha value is -2.15. The van der Waals surface area contributed by atoms with Crippen molar-refractivity contribution in [2.24, 2.45) is 0 Å². The first kappa shape index (κ1) is 14.3. The van der Waals surface area contributed by atoms with Gasteiger partial charge in [0.25, 0.3) is 0 Å². The quantitative estimate of drug-likeness (QED) is 0.869. The normalized spacial score (nSPS) is 15.9. The molecule has 0 radical (unpaired) electrons. The van der Waals surface area contributed by atoms with Crippen molar-refractivity contribution in [3.8, 4) is 0 Å². The van der Waals surface area contributed by atoms with Crippen LogP contribution in [-0.4, -0.2) is 59.6 Å². The van der Waals surface area contributed by atoms with Gasteiger partial charge in [0.05, 0.1) is 6.54 Å². The molecular formula is C13H16FN3O3. The number of halogens is 1. The first-order valence-electron chi connectivity index (χ1n) is 6.30. The van der Waals surface area contributed by atoms with Crippen LogP contribution in [0, 0.1) is 5.82 Å². The summed E-state index contributed by atoms with van der Waals surface area (Å²) in [6, 6.07) is 5.39. The van der Waals surface area contributed by atoms with Crippen molar-refractivity contribution in [3.63, 3.8) is 0 Å². The number of nitrogens with one attached hydrogen (secondary N) is 1. The van der Waals surface area contributed by atoms with Crippen LogP contribution >= 0.6 is 0 Å². The first-order chi connectivity index (χ1) is 9.54. The maximum absolute atomic E-state index is 13.0. The van der Waals surface area contributed by atoms with E-state index < -0.39 is 11.8 Å². The van der Waals surface area contributed by atoms with Crippen molar-refractivity contribution >= 4 is 17.7 Å². The monoisotopic (exact) mass is 281 g/mol. The number of piperazine rings is 1. The van der Waals surface area contributed by atoms with E-state index in [4.69, 9.17) is 5.11 Å². The molecule has 1 heterocycles. The van der Waals surface area contributed by atoms with E-state index >= 15 is 0 Å². The predicted molar refractivity (Wildman–Crippen MR) is 71.1 cm³/mol. The van der Waals surface area contributed by atoms with Crippen molar-refractivity contribution in [2.45, 2.75) is 0 Å². The number of anilines is 1. The molecule has 0 aromatic heterocycles. The summed E-state index contributed by atoms with van der Waals surface area (Å²) in [6.07, 6.45) is 0. The summed E-state index contributed by atoms with van der Waals surface area (Å²) in [6.45, 7) is 1.92. The van der Waals surface area contributed by atoms with E-state index in [2.05, 4.69) is 5.32 Å². The third-order valence-corrected chi connectivity index (χ3v) is 3.09. The molecule has 1 aliphatic heterocycles. The largest absolute Gasteiger partial charge is 0.480 e. The van der Waals surface area contributed by atoms with Crippen molar-refractivity contribution in [1.29, 1.82) is 0 Å². The van der Waals surface area contributed by atoms with Gasteiger partial charge in [-0.05, 0) is 18.2 Å². The van der Waals surface area contributed by atoms with E-state index in [1.807, 2.05) is 0 Å². The van der Waals surface area contributed by atoms with Gasteiger partial charge in [-0.1, -0.05) is 6.07 Å². The standard InChI is InChI=1S/C13H16FN3O3/c14-10-2-1-3-11(8-10)15-13(20)17-6-4-16(5-7-17)9-12(18)19/h1-3,8H,4-7,9H2,(H,15,20)(H,18,19). The van der Waals surface area contributed by atoms with Gasteiger partial charge in [-0.25, -0.2) is 9.18 Å². The number of carboxylic acid groups (broad SMARTS) is 1. The second-order valence-electron chi connectivity index (χ2n) is 4.60. The van der Waals surface area contributed by atoms with Crippen LogP contribution < -0.4 is 5.32 Å². The van der Waals surface area contributed by atoms with Gasteiger partial charge in [-0.15, -0.1) is 0 Å². The Bertz CT molecular complexity index is 501. The van der Waals surface area contributed by atoms with Gasteiger partial charge in [-0.2, -0.15) is 0 Å². The maximum atomic E-state index is 13.0. The number of benzene rings is 1. The lowest BCUT2D eigenvalue weighted by Crippen LogP contribution is -2.51. The molecule has 2 amide bonds. The Morgan fingerprint density at radius 3 is 2.55 bits per heavy atom. The van der Waals surface area contributed by atoms with Crippen molar-refractivity contribution in [2.75, 3.05) is 38.0 Å². The summed E-state index contributed by atoms with van der Waals surface area (Å²) >= 11 is 0. The molecule has 0 bridgehead atoms. The van der Waals surface area contributed by atoms with Crippen LogP contribution in [0.3, 0.4) is 0 Å². The van der Waals surface area contributed by atoms with Crippen LogP contribution in [0.25, 0.3) is 0 Å². The van der Waals surface area contributed by atoms with Gasteiger partial charge in [0.15, 0.2) is 0 Å². The van der Waals surface area contributed by atoms with Gasteiger partial charge < -0.3 is 15.3 Å². The lowest BCUT2D eigenvalue weighted by Gasteiger charge is -2.33. The number of carbonyl (C=O) groups excluding carboxylic acids is 1. The molecular weight excluding hydrogens is 265 g/mol. The fraction of sp³-hybridized carbons (Fsp3) is 0.385. The lowest BCUT2D eigenvalue weighted by molar-refractivity contribution is -0.138. The highest BCUT2D eigenvalue weighted by molar-refractivity contribution is 5.89. The fourth-order valence-electron chi connectivity index (χ4n) is 2.07. The highest BCUT2D eigenvalue weighted by atomic mass is 19.1. The first-order valence-corrected chi connectivity index (χ1v) is 6.30. The van der Waals surface area contributed by atoms with Crippen LogP contribution in [0.15, 0.2) is 24.3 Å². The molecule has 1 aromatic carbocycles. The summed E-state index contributed by atoms with van der Waals surface area (Å²) in [5.74, 6) is -1.28. The average molecular weight is 281 g/mol. The molecule has 108 valence electrons. The van der Waals surface area contributed by atoms with Crippen LogP contribution in [-0.2, 0) is 4.79 Å². The Labute approximate surface area is 115 Å². The highest BCUT2D eigenvalue weighted by Crippen LogP contribution is 2.11. The summed E-state index contributed by atoms with van der Waals surface area (Å²) in [7, 11) is 0. The van der Waals surface area contributed by atoms with Crippen molar-refractivity contribution < 1.29 is 19.1 Å². The van der Waals surface area contributed by atoms with E-state index in [0.29, 0.717) is 31.9 Å². The third kappa shape index (κ3) is 3.92. The van der Waals surface area contributed by atoms with Gasteiger partial charge in [-0.3, -0.25) is 9.69 Å². The van der Waals surface area contributed by atoms with E-state index in [9.17, 15) is 14.0 Å². The Balaban J connectivity index is 1.84. The van der Waals surface area contributed by atoms with E-state index in [-0.39, 0.29) is 12.6 Å². The number of hydrogen-bond donors (Lipinski definition) is 2. The van der Waals surface area contributed by atoms with Gasteiger partial charge >= 0.3 is 12.0 Å².